The van der Waals surface area contributed by atoms with Crippen molar-refractivity contribution in [3.63, 3.8) is 0 Å². The van der Waals surface area contributed by atoms with Crippen molar-refractivity contribution in [1.29, 1.82) is 0 Å². The number of para-hydroxylation sites is 3. The van der Waals surface area contributed by atoms with Crippen molar-refractivity contribution >= 4 is 28.5 Å². The van der Waals surface area contributed by atoms with Crippen LogP contribution in [0.2, 0.25) is 0 Å². The molecule has 0 fully saturated rings. The summed E-state index contributed by atoms with van der Waals surface area (Å²) in [6.07, 6.45) is -3.25. The Morgan fingerprint density at radius 2 is 1.59 bits per heavy atom. The molecule has 0 bridgehead atoms. The highest BCUT2D eigenvalue weighted by Gasteiger charge is 2.28. The van der Waals surface area contributed by atoms with E-state index in [0.717, 1.165) is 0 Å². The van der Waals surface area contributed by atoms with Gasteiger partial charge in [-0.15, -0.1) is 0 Å². The third kappa shape index (κ3) is 4.57. The molecular weight excluding hydrogens is 361 g/mol. The summed E-state index contributed by atoms with van der Waals surface area (Å²) in [6, 6.07) is 12.7. The van der Waals surface area contributed by atoms with Crippen LogP contribution in [0.25, 0.3) is 11.0 Å². The van der Waals surface area contributed by atoms with Gasteiger partial charge in [-0.2, -0.15) is 13.2 Å². The first-order valence-electron chi connectivity index (χ1n) is 7.80. The Kier molecular flexibility index (Phi) is 5.02. The van der Waals surface area contributed by atoms with Crippen LogP contribution in [0.1, 0.15) is 20.8 Å². The van der Waals surface area contributed by atoms with Crippen molar-refractivity contribution in [3.8, 4) is 0 Å². The van der Waals surface area contributed by atoms with Gasteiger partial charge in [0.25, 0.3) is 11.8 Å². The van der Waals surface area contributed by atoms with Gasteiger partial charge >= 0.3 is 6.18 Å². The molecule has 0 aliphatic carbocycles. The second-order valence-corrected chi connectivity index (χ2v) is 5.54. The second-order valence-electron chi connectivity index (χ2n) is 5.54. The lowest BCUT2D eigenvalue weighted by Gasteiger charge is -2.12. The number of alkyl halides is 3. The topological polar surface area (TPSA) is 84.0 Å². The fourth-order valence-electron chi connectivity index (χ4n) is 2.32. The van der Waals surface area contributed by atoms with Gasteiger partial charge in [-0.3, -0.25) is 14.6 Å². The van der Waals surface area contributed by atoms with Gasteiger partial charge in [0.15, 0.2) is 0 Å². The maximum absolute atomic E-state index is 12.4. The van der Waals surface area contributed by atoms with Crippen molar-refractivity contribution in [3.05, 3.63) is 66.0 Å². The molecule has 2 aromatic carbocycles. The summed E-state index contributed by atoms with van der Waals surface area (Å²) in [5, 5.41) is 4.26. The summed E-state index contributed by atoms with van der Waals surface area (Å²) >= 11 is 0. The highest BCUT2D eigenvalue weighted by molar-refractivity contribution is 6.08. The van der Waals surface area contributed by atoms with Crippen LogP contribution in [-0.2, 0) is 0 Å². The summed E-state index contributed by atoms with van der Waals surface area (Å²) < 4.78 is 36.9. The van der Waals surface area contributed by atoms with Crippen LogP contribution in [0.15, 0.2) is 54.7 Å². The van der Waals surface area contributed by atoms with Gasteiger partial charge in [-0.25, -0.2) is 4.98 Å². The zero-order chi connectivity index (χ0) is 19.4. The molecular formula is C18H13F3N4O2. The first-order valence-corrected chi connectivity index (χ1v) is 7.80. The van der Waals surface area contributed by atoms with E-state index < -0.39 is 24.5 Å². The number of nitrogens with one attached hydrogen (secondary N) is 2. The Hall–Kier alpha value is -3.49. The third-order valence-corrected chi connectivity index (χ3v) is 3.55. The molecule has 0 aliphatic heterocycles. The highest BCUT2D eigenvalue weighted by atomic mass is 19.4. The number of fused-ring (bicyclic) bond motifs is 1. The predicted molar refractivity (Wildman–Crippen MR) is 92.3 cm³/mol. The van der Waals surface area contributed by atoms with Crippen molar-refractivity contribution < 1.29 is 22.8 Å². The Morgan fingerprint density at radius 3 is 2.33 bits per heavy atom. The van der Waals surface area contributed by atoms with Crippen LogP contribution in [0.4, 0.5) is 18.9 Å². The van der Waals surface area contributed by atoms with Crippen molar-refractivity contribution in [2.24, 2.45) is 0 Å². The molecule has 3 rings (SSSR count). The summed E-state index contributed by atoms with van der Waals surface area (Å²) in [5.74, 6) is -1.59. The number of amides is 2. The van der Waals surface area contributed by atoms with Gasteiger partial charge in [-0.05, 0) is 24.3 Å². The number of halogens is 3. The Labute approximate surface area is 151 Å². The largest absolute Gasteiger partial charge is 0.405 e. The van der Waals surface area contributed by atoms with Gasteiger partial charge in [0.2, 0.25) is 0 Å². The fourth-order valence-corrected chi connectivity index (χ4v) is 2.32. The maximum Gasteiger partial charge on any atom is 0.405 e. The number of benzene rings is 2. The van der Waals surface area contributed by atoms with E-state index in [-0.39, 0.29) is 16.9 Å². The number of rotatable bonds is 4. The molecule has 138 valence electrons. The maximum atomic E-state index is 12.4. The van der Waals surface area contributed by atoms with Crippen molar-refractivity contribution in [2.45, 2.75) is 6.18 Å². The zero-order valence-corrected chi connectivity index (χ0v) is 13.7. The zero-order valence-electron chi connectivity index (χ0n) is 13.7. The molecule has 0 spiro atoms. The predicted octanol–water partition coefficient (Wildman–Crippen LogP) is 3.17. The fraction of sp³-hybridized carbons (Fsp3) is 0.111. The molecule has 0 saturated heterocycles. The first-order chi connectivity index (χ1) is 12.8. The quantitative estimate of drug-likeness (QED) is 0.735. The average molecular weight is 374 g/mol. The summed E-state index contributed by atoms with van der Waals surface area (Å²) in [4.78, 5) is 32.8. The molecule has 0 radical (unpaired) electrons. The standard InChI is InChI=1S/C18H13F3N4O2/c19-18(20,21)10-23-16(26)11-5-1-2-6-12(11)25-17(27)15-9-22-13-7-3-4-8-14(13)24-15/h1-9H,10H2,(H,23,26)(H,25,27). The number of carbonyl (C=O) groups is 2. The van der Waals surface area contributed by atoms with Crippen molar-refractivity contribution in [1.82, 2.24) is 15.3 Å². The van der Waals surface area contributed by atoms with E-state index >= 15 is 0 Å². The molecule has 9 heteroatoms. The molecule has 3 aromatic rings. The van der Waals surface area contributed by atoms with Gasteiger partial charge in [0, 0.05) is 0 Å². The number of anilines is 1. The van der Waals surface area contributed by atoms with Crippen LogP contribution in [0.3, 0.4) is 0 Å². The highest BCUT2D eigenvalue weighted by Crippen LogP contribution is 2.18. The Balaban J connectivity index is 1.80. The molecule has 0 atom stereocenters. The lowest BCUT2D eigenvalue weighted by Crippen LogP contribution is -2.34. The van der Waals surface area contributed by atoms with E-state index in [2.05, 4.69) is 15.3 Å². The normalized spacial score (nSPS) is 11.2. The molecule has 2 amide bonds. The number of aromatic nitrogens is 2. The van der Waals surface area contributed by atoms with E-state index in [1.165, 1.54) is 24.4 Å². The van der Waals surface area contributed by atoms with Crippen LogP contribution in [0, 0.1) is 0 Å². The average Bonchev–Trinajstić information content (AvgIpc) is 2.65. The van der Waals surface area contributed by atoms with Gasteiger partial charge in [0.1, 0.15) is 12.2 Å². The second kappa shape index (κ2) is 7.40. The number of hydrogen-bond donors (Lipinski definition) is 2. The lowest BCUT2D eigenvalue weighted by molar-refractivity contribution is -0.123. The van der Waals surface area contributed by atoms with Gasteiger partial charge < -0.3 is 10.6 Å². The van der Waals surface area contributed by atoms with E-state index in [0.29, 0.717) is 11.0 Å². The number of carbonyl (C=O) groups excluding carboxylic acids is 2. The molecule has 1 heterocycles. The molecule has 0 aliphatic rings. The minimum atomic E-state index is -4.53. The summed E-state index contributed by atoms with van der Waals surface area (Å²) in [6.45, 7) is -1.47. The SMILES string of the molecule is O=C(Nc1ccccc1C(=O)NCC(F)(F)F)c1cnc2ccccc2n1. The van der Waals surface area contributed by atoms with Gasteiger partial charge in [-0.1, -0.05) is 24.3 Å². The van der Waals surface area contributed by atoms with Crippen LogP contribution in [-0.4, -0.2) is 34.5 Å². The van der Waals surface area contributed by atoms with Gasteiger partial charge in [0.05, 0.1) is 28.5 Å². The van der Waals surface area contributed by atoms with E-state index in [1.807, 2.05) is 0 Å². The molecule has 1 aromatic heterocycles. The van der Waals surface area contributed by atoms with Crippen LogP contribution < -0.4 is 10.6 Å². The Bertz CT molecular complexity index is 1010. The van der Waals surface area contributed by atoms with Crippen molar-refractivity contribution in [2.75, 3.05) is 11.9 Å². The minimum Gasteiger partial charge on any atom is -0.343 e. The molecule has 0 unspecified atom stereocenters. The van der Waals surface area contributed by atoms with E-state index in [9.17, 15) is 22.8 Å². The van der Waals surface area contributed by atoms with E-state index in [4.69, 9.17) is 0 Å². The van der Waals surface area contributed by atoms with Crippen LogP contribution in [0.5, 0.6) is 0 Å². The molecule has 0 saturated carbocycles. The third-order valence-electron chi connectivity index (χ3n) is 3.55. The lowest BCUT2D eigenvalue weighted by atomic mass is 10.1. The molecule has 6 nitrogen and oxygen atoms in total. The molecule has 2 N–H and O–H groups in total. The first kappa shape index (κ1) is 18.3. The monoisotopic (exact) mass is 374 g/mol. The molecule has 27 heavy (non-hydrogen) atoms. The Morgan fingerprint density at radius 1 is 0.926 bits per heavy atom. The van der Waals surface area contributed by atoms with Crippen LogP contribution >= 0.6 is 0 Å². The summed E-state index contributed by atoms with van der Waals surface area (Å²) in [5.41, 5.74) is 1.11. The number of nitrogens with zero attached hydrogens (tertiary/aromatic N) is 2. The minimum absolute atomic E-state index is 0.0132. The smallest absolute Gasteiger partial charge is 0.343 e. The number of hydrogen-bond acceptors (Lipinski definition) is 4. The summed E-state index contributed by atoms with van der Waals surface area (Å²) in [7, 11) is 0. The van der Waals surface area contributed by atoms with E-state index in [1.54, 1.807) is 35.6 Å².